The molecule has 2 rings (SSSR count). The highest BCUT2D eigenvalue weighted by molar-refractivity contribution is 5.82. The maximum absolute atomic E-state index is 11.9. The molecule has 30 heavy (non-hydrogen) atoms. The van der Waals surface area contributed by atoms with Gasteiger partial charge in [0.05, 0.1) is 6.42 Å². The highest BCUT2D eigenvalue weighted by Crippen LogP contribution is 2.25. The molecular formula is C23H22O7. The second-order valence-electron chi connectivity index (χ2n) is 6.50. The molecule has 156 valence electrons. The lowest BCUT2D eigenvalue weighted by molar-refractivity contribution is -0.136. The molecule has 0 bridgehead atoms. The fourth-order valence-electron chi connectivity index (χ4n) is 2.44. The van der Waals surface area contributed by atoms with Crippen molar-refractivity contribution in [1.82, 2.24) is 0 Å². The molecule has 0 unspecified atom stereocenters. The van der Waals surface area contributed by atoms with Gasteiger partial charge in [-0.05, 0) is 42.3 Å². The average molecular weight is 410 g/mol. The molecule has 0 saturated heterocycles. The van der Waals surface area contributed by atoms with Crippen LogP contribution in [0.3, 0.4) is 0 Å². The van der Waals surface area contributed by atoms with Crippen molar-refractivity contribution in [3.8, 4) is 17.2 Å². The molecule has 0 aliphatic heterocycles. The van der Waals surface area contributed by atoms with Gasteiger partial charge < -0.3 is 19.0 Å². The standard InChI is InChI=1S/C23H22O7/c1-15(24)4-11-23(27)30-22-13-19(12-21(14-22)29-17(3)26)6-5-18-7-9-20(10-8-18)28-16(2)25/h5-10,12-14H,4,11H2,1-3H3/b6-5+. The van der Waals surface area contributed by atoms with Gasteiger partial charge in [-0.2, -0.15) is 0 Å². The number of Topliss-reactive ketones (excluding diaryl/α,β-unsaturated/α-hetero) is 1. The monoisotopic (exact) mass is 410 g/mol. The number of esters is 3. The van der Waals surface area contributed by atoms with E-state index in [1.54, 1.807) is 48.6 Å². The first-order valence-electron chi connectivity index (χ1n) is 9.21. The first-order chi connectivity index (χ1) is 14.2. The molecule has 0 aliphatic carbocycles. The highest BCUT2D eigenvalue weighted by Gasteiger charge is 2.10. The Balaban J connectivity index is 2.19. The van der Waals surface area contributed by atoms with Crippen LogP contribution >= 0.6 is 0 Å². The van der Waals surface area contributed by atoms with E-state index in [-0.39, 0.29) is 30.1 Å². The van der Waals surface area contributed by atoms with Crippen LogP contribution in [0.5, 0.6) is 17.2 Å². The molecule has 0 saturated carbocycles. The van der Waals surface area contributed by atoms with Crippen molar-refractivity contribution >= 4 is 35.8 Å². The Bertz CT molecular complexity index is 972. The van der Waals surface area contributed by atoms with Crippen molar-refractivity contribution in [2.24, 2.45) is 0 Å². The largest absolute Gasteiger partial charge is 0.427 e. The summed E-state index contributed by atoms with van der Waals surface area (Å²) in [4.78, 5) is 45.2. The van der Waals surface area contributed by atoms with E-state index in [1.165, 1.54) is 26.8 Å². The zero-order chi connectivity index (χ0) is 22.1. The van der Waals surface area contributed by atoms with E-state index in [9.17, 15) is 19.2 Å². The van der Waals surface area contributed by atoms with Crippen molar-refractivity contribution in [2.45, 2.75) is 33.6 Å². The fraction of sp³-hybridized carbons (Fsp3) is 0.217. The summed E-state index contributed by atoms with van der Waals surface area (Å²) in [5.74, 6) is -0.699. The summed E-state index contributed by atoms with van der Waals surface area (Å²) in [6.45, 7) is 4.00. The average Bonchev–Trinajstić information content (AvgIpc) is 2.65. The zero-order valence-corrected chi connectivity index (χ0v) is 17.0. The minimum atomic E-state index is -0.554. The van der Waals surface area contributed by atoms with Crippen LogP contribution in [-0.2, 0) is 19.2 Å². The summed E-state index contributed by atoms with van der Waals surface area (Å²) in [5.41, 5.74) is 1.47. The third-order valence-corrected chi connectivity index (χ3v) is 3.69. The van der Waals surface area contributed by atoms with Gasteiger partial charge >= 0.3 is 17.9 Å². The molecule has 0 amide bonds. The van der Waals surface area contributed by atoms with Crippen LogP contribution < -0.4 is 14.2 Å². The quantitative estimate of drug-likeness (QED) is 0.369. The topological polar surface area (TPSA) is 96.0 Å². The Kier molecular flexibility index (Phi) is 8.05. The van der Waals surface area contributed by atoms with Gasteiger partial charge in [0.1, 0.15) is 23.0 Å². The van der Waals surface area contributed by atoms with Crippen LogP contribution in [0.2, 0.25) is 0 Å². The molecule has 0 atom stereocenters. The minimum Gasteiger partial charge on any atom is -0.427 e. The molecular weight excluding hydrogens is 388 g/mol. The van der Waals surface area contributed by atoms with Crippen molar-refractivity contribution in [3.63, 3.8) is 0 Å². The molecule has 0 spiro atoms. The summed E-state index contributed by atoms with van der Waals surface area (Å²) < 4.78 is 15.4. The van der Waals surface area contributed by atoms with E-state index < -0.39 is 17.9 Å². The second kappa shape index (κ2) is 10.7. The highest BCUT2D eigenvalue weighted by atomic mass is 16.5. The first-order valence-corrected chi connectivity index (χ1v) is 9.21. The van der Waals surface area contributed by atoms with E-state index in [4.69, 9.17) is 14.2 Å². The Morgan fingerprint density at radius 2 is 1.20 bits per heavy atom. The molecule has 0 heterocycles. The van der Waals surface area contributed by atoms with Crippen molar-refractivity contribution < 1.29 is 33.4 Å². The predicted molar refractivity (Wildman–Crippen MR) is 110 cm³/mol. The van der Waals surface area contributed by atoms with E-state index in [2.05, 4.69) is 0 Å². The molecule has 2 aromatic carbocycles. The summed E-state index contributed by atoms with van der Waals surface area (Å²) in [5, 5.41) is 0. The Labute approximate surface area is 174 Å². The van der Waals surface area contributed by atoms with Gasteiger partial charge in [0.2, 0.25) is 0 Å². The van der Waals surface area contributed by atoms with E-state index in [0.29, 0.717) is 11.3 Å². The lowest BCUT2D eigenvalue weighted by atomic mass is 10.1. The van der Waals surface area contributed by atoms with Crippen LogP contribution in [0.15, 0.2) is 42.5 Å². The fourth-order valence-corrected chi connectivity index (χ4v) is 2.44. The van der Waals surface area contributed by atoms with E-state index >= 15 is 0 Å². The summed E-state index contributed by atoms with van der Waals surface area (Å²) in [6.07, 6.45) is 3.61. The number of hydrogen-bond acceptors (Lipinski definition) is 7. The van der Waals surface area contributed by atoms with Gasteiger partial charge in [-0.1, -0.05) is 24.3 Å². The van der Waals surface area contributed by atoms with Gasteiger partial charge in [0.25, 0.3) is 0 Å². The number of carbonyl (C=O) groups is 4. The molecule has 0 aromatic heterocycles. The molecule has 0 radical (unpaired) electrons. The van der Waals surface area contributed by atoms with Crippen molar-refractivity contribution in [2.75, 3.05) is 0 Å². The van der Waals surface area contributed by atoms with Gasteiger partial charge in [0.15, 0.2) is 0 Å². The minimum absolute atomic E-state index is 0.0347. The molecule has 7 heteroatoms. The normalized spacial score (nSPS) is 10.5. The number of benzene rings is 2. The van der Waals surface area contributed by atoms with Crippen LogP contribution in [0.4, 0.5) is 0 Å². The molecule has 2 aromatic rings. The maximum Gasteiger partial charge on any atom is 0.311 e. The third kappa shape index (κ3) is 8.10. The summed E-state index contributed by atoms with van der Waals surface area (Å²) >= 11 is 0. The van der Waals surface area contributed by atoms with E-state index in [0.717, 1.165) is 5.56 Å². The second-order valence-corrected chi connectivity index (χ2v) is 6.50. The van der Waals surface area contributed by atoms with Crippen LogP contribution in [-0.4, -0.2) is 23.7 Å². The Hall–Kier alpha value is -3.74. The Morgan fingerprint density at radius 1 is 0.667 bits per heavy atom. The van der Waals surface area contributed by atoms with Gasteiger partial charge in [-0.25, -0.2) is 0 Å². The Morgan fingerprint density at radius 3 is 1.77 bits per heavy atom. The number of carbonyl (C=O) groups excluding carboxylic acids is 4. The molecule has 0 N–H and O–H groups in total. The van der Waals surface area contributed by atoms with Crippen LogP contribution in [0, 0.1) is 0 Å². The van der Waals surface area contributed by atoms with Crippen LogP contribution in [0.1, 0.15) is 44.7 Å². The zero-order valence-electron chi connectivity index (χ0n) is 17.0. The summed E-state index contributed by atoms with van der Waals surface area (Å²) in [7, 11) is 0. The van der Waals surface area contributed by atoms with E-state index in [1.807, 2.05) is 0 Å². The SMILES string of the molecule is CC(=O)CCC(=O)Oc1cc(/C=C/c2ccc(OC(C)=O)cc2)cc(OC(C)=O)c1. The smallest absolute Gasteiger partial charge is 0.311 e. The number of hydrogen-bond donors (Lipinski definition) is 0. The number of ketones is 1. The third-order valence-electron chi connectivity index (χ3n) is 3.69. The molecule has 0 aliphatic rings. The van der Waals surface area contributed by atoms with Crippen LogP contribution in [0.25, 0.3) is 12.2 Å². The van der Waals surface area contributed by atoms with Gasteiger partial charge in [-0.3, -0.25) is 14.4 Å². The number of rotatable bonds is 8. The van der Waals surface area contributed by atoms with Gasteiger partial charge in [-0.15, -0.1) is 0 Å². The maximum atomic E-state index is 11.9. The lowest BCUT2D eigenvalue weighted by Crippen LogP contribution is -2.10. The number of ether oxygens (including phenoxy) is 3. The molecule has 7 nitrogen and oxygen atoms in total. The van der Waals surface area contributed by atoms with Crippen molar-refractivity contribution in [3.05, 3.63) is 53.6 Å². The molecule has 0 fully saturated rings. The van der Waals surface area contributed by atoms with Crippen molar-refractivity contribution in [1.29, 1.82) is 0 Å². The lowest BCUT2D eigenvalue weighted by Gasteiger charge is -2.08. The first kappa shape index (κ1) is 22.5. The summed E-state index contributed by atoms with van der Waals surface area (Å²) in [6, 6.07) is 11.5. The van der Waals surface area contributed by atoms with Gasteiger partial charge in [0, 0.05) is 26.3 Å². The predicted octanol–water partition coefficient (Wildman–Crippen LogP) is 3.98.